The van der Waals surface area contributed by atoms with Crippen molar-refractivity contribution in [3.63, 3.8) is 0 Å². The number of carbonyl (C=O) groups excluding carboxylic acids is 1. The molecule has 96 valence electrons. The predicted octanol–water partition coefficient (Wildman–Crippen LogP) is 4.36. The van der Waals surface area contributed by atoms with Gasteiger partial charge in [0.25, 0.3) is 0 Å². The second kappa shape index (κ2) is 4.91. The van der Waals surface area contributed by atoms with Crippen molar-refractivity contribution in [1.29, 1.82) is 0 Å². The molecule has 0 fully saturated rings. The number of carbonyl (C=O) groups is 1. The molecule has 1 aliphatic heterocycles. The number of hydrogen-bond donors (Lipinski definition) is 1. The summed E-state index contributed by atoms with van der Waals surface area (Å²) >= 11 is 7.73. The standard InChI is InChI=1S/C15H12ClNOS/c1-19-14-12-8-10(16)7-11(13(12)17-15(14)18)9-5-3-2-4-6-9/h2-8,14H,1H3,(H,17,18). The molecule has 2 nitrogen and oxygen atoms in total. The van der Waals surface area contributed by atoms with Crippen LogP contribution in [0.15, 0.2) is 42.5 Å². The summed E-state index contributed by atoms with van der Waals surface area (Å²) in [5.41, 5.74) is 3.90. The quantitative estimate of drug-likeness (QED) is 0.890. The Kier molecular flexibility index (Phi) is 3.25. The van der Waals surface area contributed by atoms with Gasteiger partial charge in [0.15, 0.2) is 0 Å². The molecule has 0 aromatic heterocycles. The third-order valence-corrected chi connectivity index (χ3v) is 4.38. The monoisotopic (exact) mass is 289 g/mol. The third kappa shape index (κ3) is 2.13. The van der Waals surface area contributed by atoms with Gasteiger partial charge in [0.05, 0.1) is 5.69 Å². The molecule has 0 aliphatic carbocycles. The normalized spacial score (nSPS) is 17.2. The Morgan fingerprint density at radius 2 is 1.95 bits per heavy atom. The van der Waals surface area contributed by atoms with E-state index >= 15 is 0 Å². The lowest BCUT2D eigenvalue weighted by atomic mass is 10.0. The van der Waals surface area contributed by atoms with Gasteiger partial charge in [-0.15, -0.1) is 11.8 Å². The van der Waals surface area contributed by atoms with Crippen LogP contribution in [-0.2, 0) is 4.79 Å². The Bertz CT molecular complexity index is 642. The number of hydrogen-bond acceptors (Lipinski definition) is 2. The van der Waals surface area contributed by atoms with Crippen LogP contribution in [-0.4, -0.2) is 12.2 Å². The van der Waals surface area contributed by atoms with Gasteiger partial charge in [-0.1, -0.05) is 41.9 Å². The van der Waals surface area contributed by atoms with Crippen LogP contribution in [0.3, 0.4) is 0 Å². The van der Waals surface area contributed by atoms with Crippen LogP contribution in [0.1, 0.15) is 10.8 Å². The SMILES string of the molecule is CSC1C(=O)Nc2c(-c3ccccc3)cc(Cl)cc21. The fraction of sp³-hybridized carbons (Fsp3) is 0.133. The van der Waals surface area contributed by atoms with E-state index in [4.69, 9.17) is 11.6 Å². The van der Waals surface area contributed by atoms with Crippen LogP contribution in [0.25, 0.3) is 11.1 Å². The smallest absolute Gasteiger partial charge is 0.242 e. The molecule has 1 unspecified atom stereocenters. The van der Waals surface area contributed by atoms with Crippen molar-refractivity contribution in [2.45, 2.75) is 5.25 Å². The summed E-state index contributed by atoms with van der Waals surface area (Å²) in [5, 5.41) is 3.46. The molecule has 1 aliphatic rings. The summed E-state index contributed by atoms with van der Waals surface area (Å²) in [6.07, 6.45) is 1.93. The Morgan fingerprint density at radius 1 is 1.21 bits per heavy atom. The molecule has 0 radical (unpaired) electrons. The fourth-order valence-electron chi connectivity index (χ4n) is 2.38. The van der Waals surface area contributed by atoms with Gasteiger partial charge < -0.3 is 5.32 Å². The molecule has 1 amide bonds. The summed E-state index contributed by atoms with van der Waals surface area (Å²) in [4.78, 5) is 12.0. The first-order chi connectivity index (χ1) is 9.20. The number of rotatable bonds is 2. The molecule has 0 spiro atoms. The highest BCUT2D eigenvalue weighted by Crippen LogP contribution is 2.45. The van der Waals surface area contributed by atoms with E-state index in [0.717, 1.165) is 22.4 Å². The minimum absolute atomic E-state index is 0.0296. The van der Waals surface area contributed by atoms with Gasteiger partial charge in [-0.2, -0.15) is 0 Å². The van der Waals surface area contributed by atoms with Gasteiger partial charge >= 0.3 is 0 Å². The van der Waals surface area contributed by atoms with Crippen molar-refractivity contribution in [1.82, 2.24) is 0 Å². The van der Waals surface area contributed by atoms with Gasteiger partial charge in [-0.25, -0.2) is 0 Å². The van der Waals surface area contributed by atoms with Crippen LogP contribution >= 0.6 is 23.4 Å². The summed E-state index contributed by atoms with van der Waals surface area (Å²) in [6, 6.07) is 13.7. The van der Waals surface area contributed by atoms with Gasteiger partial charge in [0.1, 0.15) is 5.25 Å². The summed E-state index contributed by atoms with van der Waals surface area (Å²) in [7, 11) is 0. The minimum Gasteiger partial charge on any atom is -0.324 e. The van der Waals surface area contributed by atoms with Crippen LogP contribution in [0.4, 0.5) is 5.69 Å². The van der Waals surface area contributed by atoms with Gasteiger partial charge in [-0.3, -0.25) is 4.79 Å². The topological polar surface area (TPSA) is 29.1 Å². The van der Waals surface area contributed by atoms with Crippen LogP contribution in [0.2, 0.25) is 5.02 Å². The predicted molar refractivity (Wildman–Crippen MR) is 81.8 cm³/mol. The van der Waals surface area contributed by atoms with Crippen molar-refractivity contribution in [3.05, 3.63) is 53.1 Å². The Labute approximate surface area is 121 Å². The number of benzene rings is 2. The molecule has 3 rings (SSSR count). The lowest BCUT2D eigenvalue weighted by molar-refractivity contribution is -0.115. The number of amides is 1. The Balaban J connectivity index is 2.21. The van der Waals surface area contributed by atoms with E-state index in [1.165, 1.54) is 11.8 Å². The van der Waals surface area contributed by atoms with Gasteiger partial charge in [0.2, 0.25) is 5.91 Å². The zero-order valence-corrected chi connectivity index (χ0v) is 11.9. The van der Waals surface area contributed by atoms with Crippen molar-refractivity contribution >= 4 is 35.0 Å². The van der Waals surface area contributed by atoms with Crippen molar-refractivity contribution in [3.8, 4) is 11.1 Å². The first kappa shape index (κ1) is 12.6. The maximum Gasteiger partial charge on any atom is 0.242 e. The molecule has 1 atom stereocenters. The number of anilines is 1. The molecular formula is C15H12ClNOS. The lowest BCUT2D eigenvalue weighted by Gasteiger charge is -2.10. The van der Waals surface area contributed by atoms with E-state index in [9.17, 15) is 4.79 Å². The summed E-state index contributed by atoms with van der Waals surface area (Å²) in [5.74, 6) is 0.0296. The minimum atomic E-state index is -0.170. The second-order valence-corrected chi connectivity index (χ2v) is 5.77. The highest BCUT2D eigenvalue weighted by Gasteiger charge is 2.32. The molecule has 2 aromatic carbocycles. The van der Waals surface area contributed by atoms with Crippen LogP contribution in [0, 0.1) is 0 Å². The second-order valence-electron chi connectivity index (χ2n) is 4.39. The fourth-order valence-corrected chi connectivity index (χ4v) is 3.32. The largest absolute Gasteiger partial charge is 0.324 e. The number of fused-ring (bicyclic) bond motifs is 1. The Hall–Kier alpha value is -1.45. The summed E-state index contributed by atoms with van der Waals surface area (Å²) < 4.78 is 0. The number of nitrogens with one attached hydrogen (secondary N) is 1. The maximum absolute atomic E-state index is 12.0. The van der Waals surface area contributed by atoms with E-state index in [1.807, 2.05) is 48.7 Å². The zero-order valence-electron chi connectivity index (χ0n) is 10.3. The van der Waals surface area contributed by atoms with Crippen molar-refractivity contribution in [2.75, 3.05) is 11.6 Å². The third-order valence-electron chi connectivity index (χ3n) is 3.22. The van der Waals surface area contributed by atoms with E-state index < -0.39 is 0 Å². The first-order valence-corrected chi connectivity index (χ1v) is 7.60. The van der Waals surface area contributed by atoms with Gasteiger partial charge in [-0.05, 0) is 24.0 Å². The molecule has 0 bridgehead atoms. The van der Waals surface area contributed by atoms with Crippen molar-refractivity contribution in [2.24, 2.45) is 0 Å². The van der Waals surface area contributed by atoms with E-state index in [0.29, 0.717) is 5.02 Å². The number of halogens is 1. The van der Waals surface area contributed by atoms with Crippen LogP contribution in [0.5, 0.6) is 0 Å². The average molecular weight is 290 g/mol. The highest BCUT2D eigenvalue weighted by molar-refractivity contribution is 7.99. The molecule has 1 heterocycles. The van der Waals surface area contributed by atoms with E-state index in [-0.39, 0.29) is 11.2 Å². The van der Waals surface area contributed by atoms with Crippen LogP contribution < -0.4 is 5.32 Å². The molecule has 19 heavy (non-hydrogen) atoms. The van der Waals surface area contributed by atoms with Crippen molar-refractivity contribution < 1.29 is 4.79 Å². The summed E-state index contributed by atoms with van der Waals surface area (Å²) in [6.45, 7) is 0. The Morgan fingerprint density at radius 3 is 2.63 bits per heavy atom. The molecule has 1 N–H and O–H groups in total. The highest BCUT2D eigenvalue weighted by atomic mass is 35.5. The molecule has 4 heteroatoms. The lowest BCUT2D eigenvalue weighted by Crippen LogP contribution is -2.08. The van der Waals surface area contributed by atoms with Gasteiger partial charge in [0, 0.05) is 16.1 Å². The zero-order chi connectivity index (χ0) is 13.4. The molecular weight excluding hydrogens is 278 g/mol. The van der Waals surface area contributed by atoms with E-state index in [1.54, 1.807) is 0 Å². The molecule has 0 saturated heterocycles. The maximum atomic E-state index is 12.0. The van der Waals surface area contributed by atoms with E-state index in [2.05, 4.69) is 5.32 Å². The average Bonchev–Trinajstić information content (AvgIpc) is 2.74. The number of thioether (sulfide) groups is 1. The first-order valence-electron chi connectivity index (χ1n) is 5.93. The molecule has 2 aromatic rings. The molecule has 0 saturated carbocycles.